The molecule has 134 valence electrons. The summed E-state index contributed by atoms with van der Waals surface area (Å²) in [5.74, 6) is 10.6. The fraction of sp³-hybridized carbons (Fsp3) is 0.143. The molecule has 2 amide bonds. The summed E-state index contributed by atoms with van der Waals surface area (Å²) in [6, 6.07) is 5.26. The van der Waals surface area contributed by atoms with E-state index in [-0.39, 0.29) is 28.8 Å². The van der Waals surface area contributed by atoms with Crippen LogP contribution in [0.3, 0.4) is 0 Å². The quantitative estimate of drug-likeness (QED) is 0.432. The van der Waals surface area contributed by atoms with Crippen LogP contribution in [0.2, 0.25) is 5.02 Å². The highest BCUT2D eigenvalue weighted by Gasteiger charge is 2.30. The predicted molar refractivity (Wildman–Crippen MR) is 84.4 cm³/mol. The van der Waals surface area contributed by atoms with Gasteiger partial charge in [0.05, 0.1) is 16.3 Å². The number of nitrogens with two attached hydrogens (primary N) is 2. The van der Waals surface area contributed by atoms with Crippen LogP contribution in [-0.2, 0) is 12.8 Å². The third-order valence-electron chi connectivity index (χ3n) is 3.06. The number of anilines is 1. The highest BCUT2D eigenvalue weighted by molar-refractivity contribution is 6.32. The number of hydrazine groups is 2. The molecule has 1 aromatic carbocycles. The van der Waals surface area contributed by atoms with Crippen LogP contribution in [0.1, 0.15) is 11.3 Å². The molecule has 25 heavy (non-hydrogen) atoms. The number of amides is 2. The smallest absolute Gasteiger partial charge is 0.416 e. The average molecular weight is 376 g/mol. The van der Waals surface area contributed by atoms with E-state index in [4.69, 9.17) is 28.0 Å². The lowest BCUT2D eigenvalue weighted by molar-refractivity contribution is -0.137. The summed E-state index contributed by atoms with van der Waals surface area (Å²) in [6.45, 7) is -0.321. The second kappa shape index (κ2) is 7.55. The molecular weight excluding hydrogens is 363 g/mol. The summed E-state index contributed by atoms with van der Waals surface area (Å²) < 4.78 is 43.6. The van der Waals surface area contributed by atoms with Crippen molar-refractivity contribution in [2.45, 2.75) is 12.8 Å². The number of urea groups is 1. The van der Waals surface area contributed by atoms with Crippen molar-refractivity contribution < 1.29 is 22.7 Å². The summed E-state index contributed by atoms with van der Waals surface area (Å²) in [7, 11) is 0. The standard InChI is InChI=1S/C14H13ClF3N5O2/c15-10-2-1-3-11(23(20)13(24)22-19)12(10)25-7-9-6-8(4-5-21-9)14(16,17)18/h1-6H,7,19-20H2,(H,22,24). The molecule has 7 nitrogen and oxygen atoms in total. The van der Waals surface area contributed by atoms with Crippen molar-refractivity contribution in [2.24, 2.45) is 11.7 Å². The Balaban J connectivity index is 2.25. The van der Waals surface area contributed by atoms with Gasteiger partial charge in [0.25, 0.3) is 0 Å². The number of hydrogen-bond acceptors (Lipinski definition) is 5. The third kappa shape index (κ3) is 4.50. The van der Waals surface area contributed by atoms with E-state index >= 15 is 0 Å². The van der Waals surface area contributed by atoms with E-state index < -0.39 is 17.8 Å². The first-order valence-corrected chi connectivity index (χ1v) is 7.10. The molecule has 0 unspecified atom stereocenters. The maximum atomic E-state index is 12.7. The molecule has 5 N–H and O–H groups in total. The molecule has 0 fully saturated rings. The van der Waals surface area contributed by atoms with E-state index in [1.807, 2.05) is 5.43 Å². The van der Waals surface area contributed by atoms with E-state index in [1.165, 1.54) is 18.2 Å². The molecule has 0 aliphatic heterocycles. The average Bonchev–Trinajstić information content (AvgIpc) is 2.58. The van der Waals surface area contributed by atoms with Crippen molar-refractivity contribution in [3.8, 4) is 5.75 Å². The SMILES string of the molecule is NNC(=O)N(N)c1cccc(Cl)c1OCc1cc(C(F)(F)F)ccn1. The first kappa shape index (κ1) is 18.8. The van der Waals surface area contributed by atoms with Crippen LogP contribution in [0, 0.1) is 0 Å². The second-order valence-corrected chi connectivity index (χ2v) is 5.14. The predicted octanol–water partition coefficient (Wildman–Crippen LogP) is 2.60. The van der Waals surface area contributed by atoms with E-state index in [9.17, 15) is 18.0 Å². The Hall–Kier alpha value is -2.56. The summed E-state index contributed by atoms with van der Waals surface area (Å²) >= 11 is 6.02. The van der Waals surface area contributed by atoms with Crippen molar-refractivity contribution in [2.75, 3.05) is 5.01 Å². The zero-order valence-corrected chi connectivity index (χ0v) is 13.3. The minimum atomic E-state index is -4.50. The number of nitrogens with zero attached hydrogens (tertiary/aromatic N) is 2. The molecule has 0 bridgehead atoms. The fourth-order valence-corrected chi connectivity index (χ4v) is 2.11. The number of carbonyl (C=O) groups is 1. The fourth-order valence-electron chi connectivity index (χ4n) is 1.89. The first-order chi connectivity index (χ1) is 11.7. The van der Waals surface area contributed by atoms with Gasteiger partial charge < -0.3 is 4.74 Å². The molecule has 0 saturated carbocycles. The topological polar surface area (TPSA) is 106 Å². The van der Waals surface area contributed by atoms with Crippen LogP contribution < -0.4 is 26.9 Å². The Morgan fingerprint density at radius 1 is 1.36 bits per heavy atom. The molecule has 2 rings (SSSR count). The van der Waals surface area contributed by atoms with E-state index in [0.717, 1.165) is 18.3 Å². The number of pyridine rings is 1. The maximum absolute atomic E-state index is 12.7. The number of benzene rings is 1. The minimum absolute atomic E-state index is 0.00511. The lowest BCUT2D eigenvalue weighted by Crippen LogP contribution is -2.47. The lowest BCUT2D eigenvalue weighted by atomic mass is 10.2. The van der Waals surface area contributed by atoms with Crippen molar-refractivity contribution in [3.63, 3.8) is 0 Å². The first-order valence-electron chi connectivity index (χ1n) is 6.73. The van der Waals surface area contributed by atoms with Gasteiger partial charge in [-0.2, -0.15) is 13.2 Å². The van der Waals surface area contributed by atoms with Gasteiger partial charge in [0.1, 0.15) is 12.3 Å². The van der Waals surface area contributed by atoms with Gasteiger partial charge in [0, 0.05) is 6.20 Å². The van der Waals surface area contributed by atoms with E-state index in [1.54, 1.807) is 0 Å². The Kier molecular flexibility index (Phi) is 5.67. The summed E-state index contributed by atoms with van der Waals surface area (Å²) in [5.41, 5.74) is 1.07. The van der Waals surface area contributed by atoms with Crippen molar-refractivity contribution in [1.29, 1.82) is 0 Å². The highest BCUT2D eigenvalue weighted by atomic mass is 35.5. The molecule has 2 aromatic rings. The molecule has 1 aromatic heterocycles. The normalized spacial score (nSPS) is 11.1. The second-order valence-electron chi connectivity index (χ2n) is 4.73. The third-order valence-corrected chi connectivity index (χ3v) is 3.35. The van der Waals surface area contributed by atoms with Gasteiger partial charge in [0.2, 0.25) is 0 Å². The molecule has 0 saturated heterocycles. The highest BCUT2D eigenvalue weighted by Crippen LogP contribution is 2.35. The van der Waals surface area contributed by atoms with Gasteiger partial charge in [-0.25, -0.2) is 21.5 Å². The lowest BCUT2D eigenvalue weighted by Gasteiger charge is -2.20. The summed E-state index contributed by atoms with van der Waals surface area (Å²) in [5, 5.41) is 0.755. The maximum Gasteiger partial charge on any atom is 0.416 e. The molecule has 0 radical (unpaired) electrons. The summed E-state index contributed by atoms with van der Waals surface area (Å²) in [4.78, 5) is 15.3. The van der Waals surface area contributed by atoms with E-state index in [0.29, 0.717) is 5.01 Å². The number of rotatable bonds is 4. The van der Waals surface area contributed by atoms with E-state index in [2.05, 4.69) is 4.98 Å². The molecule has 0 spiro atoms. The largest absolute Gasteiger partial charge is 0.483 e. The van der Waals surface area contributed by atoms with Crippen LogP contribution in [0.25, 0.3) is 0 Å². The van der Waals surface area contributed by atoms with Crippen LogP contribution in [-0.4, -0.2) is 11.0 Å². The van der Waals surface area contributed by atoms with Crippen molar-refractivity contribution >= 4 is 23.3 Å². The van der Waals surface area contributed by atoms with Crippen LogP contribution >= 0.6 is 11.6 Å². The van der Waals surface area contributed by atoms with Crippen molar-refractivity contribution in [3.05, 3.63) is 52.8 Å². The van der Waals surface area contributed by atoms with Crippen LogP contribution in [0.5, 0.6) is 5.75 Å². The van der Waals surface area contributed by atoms with Gasteiger partial charge in [-0.1, -0.05) is 17.7 Å². The molecule has 0 atom stereocenters. The number of nitrogens with one attached hydrogen (secondary N) is 1. The molecular formula is C14H13ClF3N5O2. The van der Waals surface area contributed by atoms with Crippen LogP contribution in [0.4, 0.5) is 23.7 Å². The van der Waals surface area contributed by atoms with Gasteiger partial charge in [-0.15, -0.1) is 0 Å². The number of aromatic nitrogens is 1. The molecule has 1 heterocycles. The number of ether oxygens (including phenoxy) is 1. The Morgan fingerprint density at radius 3 is 2.72 bits per heavy atom. The number of halogens is 4. The molecule has 0 aliphatic carbocycles. The number of para-hydroxylation sites is 1. The monoisotopic (exact) mass is 375 g/mol. The molecule has 11 heteroatoms. The summed E-state index contributed by atoms with van der Waals surface area (Å²) in [6.07, 6.45) is -3.48. The number of carbonyl (C=O) groups excluding carboxylic acids is 1. The Labute approximate surface area is 145 Å². The Morgan fingerprint density at radius 2 is 2.08 bits per heavy atom. The zero-order chi connectivity index (χ0) is 18.6. The van der Waals surface area contributed by atoms with Gasteiger partial charge in [0.15, 0.2) is 5.75 Å². The van der Waals surface area contributed by atoms with Gasteiger partial charge in [-0.05, 0) is 24.3 Å². The van der Waals surface area contributed by atoms with Gasteiger partial charge >= 0.3 is 12.2 Å². The number of alkyl halides is 3. The van der Waals surface area contributed by atoms with Gasteiger partial charge in [-0.3, -0.25) is 10.4 Å². The zero-order valence-electron chi connectivity index (χ0n) is 12.5. The van der Waals surface area contributed by atoms with Crippen LogP contribution in [0.15, 0.2) is 36.5 Å². The number of hydrogen-bond donors (Lipinski definition) is 3. The minimum Gasteiger partial charge on any atom is -0.483 e. The molecule has 0 aliphatic rings. The van der Waals surface area contributed by atoms with Crippen molar-refractivity contribution in [1.82, 2.24) is 10.4 Å². The Bertz CT molecular complexity index is 772.